The lowest BCUT2D eigenvalue weighted by Gasteiger charge is -2.28. The Labute approximate surface area is 183 Å². The summed E-state index contributed by atoms with van der Waals surface area (Å²) in [6.07, 6.45) is 2.80. The summed E-state index contributed by atoms with van der Waals surface area (Å²) in [5.74, 6) is -0.466. The highest BCUT2D eigenvalue weighted by molar-refractivity contribution is 5.86. The Morgan fingerprint density at radius 3 is 2.68 bits per heavy atom. The van der Waals surface area contributed by atoms with Crippen molar-refractivity contribution in [3.63, 3.8) is 0 Å². The number of hydrogen-bond donors (Lipinski definition) is 1. The number of aromatic nitrogens is 1. The molecule has 0 radical (unpaired) electrons. The first-order valence-corrected chi connectivity index (χ1v) is 10.6. The summed E-state index contributed by atoms with van der Waals surface area (Å²) < 4.78 is 30.2. The lowest BCUT2D eigenvalue weighted by molar-refractivity contribution is -0.125. The zero-order valence-corrected chi connectivity index (χ0v) is 19.1. The predicted octanol–water partition coefficient (Wildman–Crippen LogP) is 3.21. The normalized spacial score (nSPS) is 16.3. The fourth-order valence-corrected chi connectivity index (χ4v) is 3.44. The monoisotopic (exact) mass is 439 g/mol. The summed E-state index contributed by atoms with van der Waals surface area (Å²) in [4.78, 5) is 30.8. The lowest BCUT2D eigenvalue weighted by Crippen LogP contribution is -2.47. The number of unbranched alkanes of at least 4 members (excludes halogenated alkanes) is 1. The second-order valence-corrected chi connectivity index (χ2v) is 8.58. The largest absolute Gasteiger partial charge is 0.481 e. The van der Waals surface area contributed by atoms with E-state index in [4.69, 9.17) is 14.2 Å². The minimum absolute atomic E-state index is 0.0501. The average Bonchev–Trinajstić information content (AvgIpc) is 3.19. The van der Waals surface area contributed by atoms with Crippen molar-refractivity contribution in [3.8, 4) is 5.88 Å². The Bertz CT molecular complexity index is 766. The van der Waals surface area contributed by atoms with Crippen LogP contribution in [0.15, 0.2) is 6.07 Å². The van der Waals surface area contributed by atoms with Gasteiger partial charge in [0.15, 0.2) is 0 Å². The molecule has 1 fully saturated rings. The van der Waals surface area contributed by atoms with E-state index in [0.29, 0.717) is 43.7 Å². The maximum atomic E-state index is 14.5. The number of carbonyl (C=O) groups is 2. The van der Waals surface area contributed by atoms with Gasteiger partial charge in [-0.2, -0.15) is 0 Å². The first-order valence-electron chi connectivity index (χ1n) is 10.6. The van der Waals surface area contributed by atoms with Gasteiger partial charge >= 0.3 is 6.09 Å². The second kappa shape index (κ2) is 11.3. The van der Waals surface area contributed by atoms with Crippen LogP contribution in [-0.4, -0.2) is 60.9 Å². The third-order valence-corrected chi connectivity index (χ3v) is 4.93. The van der Waals surface area contributed by atoms with Crippen molar-refractivity contribution in [1.29, 1.82) is 0 Å². The molecule has 1 unspecified atom stereocenters. The minimum atomic E-state index is -0.636. The first-order chi connectivity index (χ1) is 14.7. The summed E-state index contributed by atoms with van der Waals surface area (Å²) in [6.45, 7) is 6.48. The minimum Gasteiger partial charge on any atom is -0.481 e. The fraction of sp³-hybridized carbons (Fsp3) is 0.682. The van der Waals surface area contributed by atoms with E-state index in [1.165, 1.54) is 18.1 Å². The van der Waals surface area contributed by atoms with Gasteiger partial charge in [0.05, 0.1) is 12.8 Å². The van der Waals surface area contributed by atoms with Gasteiger partial charge in [0.2, 0.25) is 11.8 Å². The number of halogens is 1. The molecule has 31 heavy (non-hydrogen) atoms. The SMILES string of the molecule is COCCCCc1nc(OC)c(CNC(=O)C2CCCN2C(=O)OC(C)(C)C)cc1F. The molecule has 174 valence electrons. The molecule has 0 saturated carbocycles. The standard InChI is InChI=1S/C22H34FN3O5/c1-22(2,3)31-21(28)26-11-8-10-18(26)19(27)24-14-15-13-16(23)17(25-20(15)30-5)9-6-7-12-29-4/h13,18H,6-12,14H2,1-5H3,(H,24,27). The maximum absolute atomic E-state index is 14.5. The fourth-order valence-electron chi connectivity index (χ4n) is 3.44. The number of methoxy groups -OCH3 is 2. The van der Waals surface area contributed by atoms with Gasteiger partial charge in [0.25, 0.3) is 0 Å². The molecule has 2 heterocycles. The van der Waals surface area contributed by atoms with Gasteiger partial charge in [-0.3, -0.25) is 9.69 Å². The van der Waals surface area contributed by atoms with Gasteiger partial charge in [-0.1, -0.05) is 0 Å². The van der Waals surface area contributed by atoms with Crippen molar-refractivity contribution < 1.29 is 28.2 Å². The topological polar surface area (TPSA) is 90.0 Å². The van der Waals surface area contributed by atoms with E-state index in [9.17, 15) is 14.0 Å². The van der Waals surface area contributed by atoms with Gasteiger partial charge in [-0.25, -0.2) is 14.2 Å². The van der Waals surface area contributed by atoms with Gasteiger partial charge in [-0.05, 0) is 58.9 Å². The maximum Gasteiger partial charge on any atom is 0.410 e. The van der Waals surface area contributed by atoms with Crippen LogP contribution in [0.4, 0.5) is 9.18 Å². The molecule has 1 aromatic rings. The second-order valence-electron chi connectivity index (χ2n) is 8.58. The van der Waals surface area contributed by atoms with Crippen molar-refractivity contribution in [2.75, 3.05) is 27.4 Å². The Morgan fingerprint density at radius 2 is 2.03 bits per heavy atom. The molecule has 1 aromatic heterocycles. The molecule has 0 aromatic carbocycles. The highest BCUT2D eigenvalue weighted by atomic mass is 19.1. The molecule has 1 aliphatic heterocycles. The molecular formula is C22H34FN3O5. The number of pyridine rings is 1. The zero-order chi connectivity index (χ0) is 23.0. The van der Waals surface area contributed by atoms with E-state index in [1.807, 2.05) is 0 Å². The number of aryl methyl sites for hydroxylation is 1. The van der Waals surface area contributed by atoms with Crippen LogP contribution >= 0.6 is 0 Å². The van der Waals surface area contributed by atoms with Gasteiger partial charge in [0, 0.05) is 32.4 Å². The van der Waals surface area contributed by atoms with Crippen molar-refractivity contribution >= 4 is 12.0 Å². The van der Waals surface area contributed by atoms with Gasteiger partial charge < -0.3 is 19.5 Å². The highest BCUT2D eigenvalue weighted by Gasteiger charge is 2.36. The zero-order valence-electron chi connectivity index (χ0n) is 19.1. The third-order valence-electron chi connectivity index (χ3n) is 4.93. The molecule has 0 bridgehead atoms. The molecule has 9 heteroatoms. The Kier molecular flexibility index (Phi) is 9.03. The smallest absolute Gasteiger partial charge is 0.410 e. The number of amides is 2. The van der Waals surface area contributed by atoms with E-state index in [0.717, 1.165) is 12.8 Å². The number of rotatable bonds is 9. The van der Waals surface area contributed by atoms with Gasteiger partial charge in [0.1, 0.15) is 17.5 Å². The van der Waals surface area contributed by atoms with Crippen LogP contribution in [0, 0.1) is 5.82 Å². The van der Waals surface area contributed by atoms with Crippen molar-refractivity contribution in [1.82, 2.24) is 15.2 Å². The van der Waals surface area contributed by atoms with Crippen LogP contribution in [-0.2, 0) is 27.2 Å². The molecule has 2 amide bonds. The van der Waals surface area contributed by atoms with Crippen LogP contribution in [0.2, 0.25) is 0 Å². The summed E-state index contributed by atoms with van der Waals surface area (Å²) in [7, 11) is 3.09. The number of hydrogen-bond acceptors (Lipinski definition) is 6. The van der Waals surface area contributed by atoms with Crippen LogP contribution in [0.25, 0.3) is 0 Å². The Morgan fingerprint density at radius 1 is 1.29 bits per heavy atom. The number of nitrogens with one attached hydrogen (secondary N) is 1. The number of ether oxygens (including phenoxy) is 3. The van der Waals surface area contributed by atoms with Crippen molar-refractivity contribution in [3.05, 3.63) is 23.1 Å². The molecule has 8 nitrogen and oxygen atoms in total. The van der Waals surface area contributed by atoms with Crippen molar-refractivity contribution in [2.45, 2.75) is 71.1 Å². The molecule has 1 N–H and O–H groups in total. The molecule has 1 aliphatic rings. The quantitative estimate of drug-likeness (QED) is 0.594. The Hall–Kier alpha value is -2.42. The van der Waals surface area contributed by atoms with E-state index >= 15 is 0 Å². The van der Waals surface area contributed by atoms with Crippen molar-refractivity contribution in [2.24, 2.45) is 0 Å². The van der Waals surface area contributed by atoms with Gasteiger partial charge in [-0.15, -0.1) is 0 Å². The van der Waals surface area contributed by atoms with Crippen LogP contribution in [0.1, 0.15) is 57.7 Å². The number of carbonyl (C=O) groups excluding carboxylic acids is 2. The van der Waals surface area contributed by atoms with Crippen LogP contribution in [0.3, 0.4) is 0 Å². The molecule has 2 rings (SSSR count). The molecule has 1 atom stereocenters. The number of nitrogens with zero attached hydrogens (tertiary/aromatic N) is 2. The van der Waals surface area contributed by atoms with E-state index in [2.05, 4.69) is 10.3 Å². The van der Waals surface area contributed by atoms with Crippen LogP contribution in [0.5, 0.6) is 5.88 Å². The lowest BCUT2D eigenvalue weighted by atomic mass is 10.1. The molecule has 0 aliphatic carbocycles. The summed E-state index contributed by atoms with van der Waals surface area (Å²) in [6, 6.07) is 0.733. The van der Waals surface area contributed by atoms with E-state index in [1.54, 1.807) is 27.9 Å². The molecule has 0 spiro atoms. The van der Waals surface area contributed by atoms with E-state index < -0.39 is 23.6 Å². The summed E-state index contributed by atoms with van der Waals surface area (Å²) in [5, 5.41) is 2.78. The summed E-state index contributed by atoms with van der Waals surface area (Å²) >= 11 is 0. The Balaban J connectivity index is 2.00. The average molecular weight is 440 g/mol. The third kappa shape index (κ3) is 7.34. The van der Waals surface area contributed by atoms with Crippen LogP contribution < -0.4 is 10.1 Å². The number of likely N-dealkylation sites (tertiary alicyclic amines) is 1. The molecule has 1 saturated heterocycles. The summed E-state index contributed by atoms with van der Waals surface area (Å²) in [5.41, 5.74) is 0.133. The predicted molar refractivity (Wildman–Crippen MR) is 113 cm³/mol. The first kappa shape index (κ1) is 24.8. The molecular weight excluding hydrogens is 405 g/mol. The van der Waals surface area contributed by atoms with E-state index in [-0.39, 0.29) is 18.3 Å². The highest BCUT2D eigenvalue weighted by Crippen LogP contribution is 2.23.